The first-order valence-corrected chi connectivity index (χ1v) is 6.20. The lowest BCUT2D eigenvalue weighted by Gasteiger charge is -2.07. The Hall–Kier alpha value is -0.990. The molecule has 1 rings (SSSR count). The van der Waals surface area contributed by atoms with Crippen LogP contribution in [-0.2, 0) is 10.1 Å². The fourth-order valence-electron chi connectivity index (χ4n) is 1.23. The normalized spacial score (nSPS) is 9.62. The summed E-state index contributed by atoms with van der Waals surface area (Å²) in [6, 6.07) is 5.17. The van der Waals surface area contributed by atoms with Crippen LogP contribution in [0.15, 0.2) is 17.0 Å². The molecule has 0 aliphatic heterocycles. The standard InChI is InChI=1S/C11H10BrNO2S/c1-2-15-11(14)7-3-8(6-13)9(5-12)10(16)4-7/h3-4,16H,2,5H2,1H3. The van der Waals surface area contributed by atoms with Crippen LogP contribution in [0.2, 0.25) is 0 Å². The van der Waals surface area contributed by atoms with Gasteiger partial charge in [-0.2, -0.15) is 5.26 Å². The molecule has 0 spiro atoms. The smallest absolute Gasteiger partial charge is 0.338 e. The van der Waals surface area contributed by atoms with Crippen molar-refractivity contribution < 1.29 is 9.53 Å². The summed E-state index contributed by atoms with van der Waals surface area (Å²) in [5.74, 6) is -0.435. The Balaban J connectivity index is 3.21. The van der Waals surface area contributed by atoms with Crippen LogP contribution in [-0.4, -0.2) is 12.6 Å². The molecule has 1 aromatic rings. The van der Waals surface area contributed by atoms with Gasteiger partial charge in [0, 0.05) is 10.2 Å². The molecule has 0 aromatic heterocycles. The summed E-state index contributed by atoms with van der Waals surface area (Å²) in [4.78, 5) is 12.1. The Bertz CT molecular complexity index is 454. The molecule has 0 aliphatic carbocycles. The molecule has 3 nitrogen and oxygen atoms in total. The molecule has 0 amide bonds. The van der Waals surface area contributed by atoms with Gasteiger partial charge in [-0.25, -0.2) is 4.79 Å². The highest BCUT2D eigenvalue weighted by Gasteiger charge is 2.13. The summed E-state index contributed by atoms with van der Waals surface area (Å²) < 4.78 is 4.86. The summed E-state index contributed by atoms with van der Waals surface area (Å²) in [7, 11) is 0. The molecule has 16 heavy (non-hydrogen) atoms. The van der Waals surface area contributed by atoms with Crippen LogP contribution < -0.4 is 0 Å². The van der Waals surface area contributed by atoms with Crippen LogP contribution in [0.4, 0.5) is 0 Å². The lowest BCUT2D eigenvalue weighted by atomic mass is 10.1. The van der Waals surface area contributed by atoms with E-state index >= 15 is 0 Å². The highest BCUT2D eigenvalue weighted by molar-refractivity contribution is 9.08. The topological polar surface area (TPSA) is 50.1 Å². The Kier molecular flexibility index (Phi) is 4.84. The third-order valence-electron chi connectivity index (χ3n) is 1.99. The van der Waals surface area contributed by atoms with Crippen molar-refractivity contribution in [2.45, 2.75) is 17.1 Å². The van der Waals surface area contributed by atoms with Gasteiger partial charge in [0.25, 0.3) is 0 Å². The number of thiol groups is 1. The van der Waals surface area contributed by atoms with Crippen LogP contribution in [0.1, 0.15) is 28.4 Å². The van der Waals surface area contributed by atoms with Gasteiger partial charge in [-0.3, -0.25) is 0 Å². The number of ether oxygens (including phenoxy) is 1. The number of hydrogen-bond acceptors (Lipinski definition) is 4. The monoisotopic (exact) mass is 299 g/mol. The number of carbonyl (C=O) groups is 1. The van der Waals surface area contributed by atoms with Crippen LogP contribution >= 0.6 is 28.6 Å². The number of nitrogens with zero attached hydrogens (tertiary/aromatic N) is 1. The Morgan fingerprint density at radius 1 is 1.62 bits per heavy atom. The molecule has 5 heteroatoms. The number of benzene rings is 1. The molecule has 0 aliphatic rings. The van der Waals surface area contributed by atoms with E-state index in [4.69, 9.17) is 10.00 Å². The quantitative estimate of drug-likeness (QED) is 0.530. The molecule has 0 radical (unpaired) electrons. The van der Waals surface area contributed by atoms with Crippen molar-refractivity contribution in [3.8, 4) is 6.07 Å². The average Bonchev–Trinajstić information content (AvgIpc) is 2.28. The van der Waals surface area contributed by atoms with Crippen LogP contribution in [0.5, 0.6) is 0 Å². The van der Waals surface area contributed by atoms with E-state index < -0.39 is 5.97 Å². The van der Waals surface area contributed by atoms with E-state index in [1.54, 1.807) is 13.0 Å². The number of esters is 1. The van der Waals surface area contributed by atoms with Gasteiger partial charge < -0.3 is 4.74 Å². The zero-order valence-corrected chi connectivity index (χ0v) is 11.1. The first-order chi connectivity index (χ1) is 7.63. The third kappa shape index (κ3) is 2.77. The lowest BCUT2D eigenvalue weighted by molar-refractivity contribution is 0.0526. The first kappa shape index (κ1) is 13.1. The first-order valence-electron chi connectivity index (χ1n) is 4.63. The largest absolute Gasteiger partial charge is 0.462 e. The predicted molar refractivity (Wildman–Crippen MR) is 67.0 cm³/mol. The third-order valence-corrected chi connectivity index (χ3v) is 2.95. The molecule has 0 heterocycles. The maximum absolute atomic E-state index is 11.5. The number of nitriles is 1. The van der Waals surface area contributed by atoms with Gasteiger partial charge in [-0.15, -0.1) is 12.6 Å². The molecule has 84 valence electrons. The van der Waals surface area contributed by atoms with Crippen molar-refractivity contribution in [2.75, 3.05) is 6.61 Å². The number of halogens is 1. The van der Waals surface area contributed by atoms with Crippen molar-refractivity contribution in [3.63, 3.8) is 0 Å². The van der Waals surface area contributed by atoms with E-state index in [0.717, 1.165) is 5.56 Å². The summed E-state index contributed by atoms with van der Waals surface area (Å²) in [5, 5.41) is 9.48. The van der Waals surface area contributed by atoms with E-state index in [2.05, 4.69) is 28.6 Å². The number of hydrogen-bond donors (Lipinski definition) is 1. The van der Waals surface area contributed by atoms with Gasteiger partial charge in [-0.05, 0) is 24.6 Å². The summed E-state index contributed by atoms with van der Waals surface area (Å²) in [6.07, 6.45) is 0. The SMILES string of the molecule is CCOC(=O)c1cc(S)c(CBr)c(C#N)c1. The summed E-state index contributed by atoms with van der Waals surface area (Å²) in [6.45, 7) is 2.04. The van der Waals surface area contributed by atoms with Crippen LogP contribution in [0, 0.1) is 11.3 Å². The highest BCUT2D eigenvalue weighted by atomic mass is 79.9. The minimum Gasteiger partial charge on any atom is -0.462 e. The fourth-order valence-corrected chi connectivity index (χ4v) is 2.39. The second-order valence-electron chi connectivity index (χ2n) is 2.99. The van der Waals surface area contributed by atoms with Crippen molar-refractivity contribution in [1.29, 1.82) is 5.26 Å². The molecule has 0 unspecified atom stereocenters. The predicted octanol–water partition coefficient (Wildman–Crippen LogP) is 2.92. The van der Waals surface area contributed by atoms with Gasteiger partial charge in [-0.1, -0.05) is 15.9 Å². The minimum absolute atomic E-state index is 0.308. The number of carbonyl (C=O) groups excluding carboxylic acids is 1. The van der Waals surface area contributed by atoms with Gasteiger partial charge in [0.05, 0.1) is 23.8 Å². The van der Waals surface area contributed by atoms with Gasteiger partial charge in [0.1, 0.15) is 0 Å². The lowest BCUT2D eigenvalue weighted by Crippen LogP contribution is -2.06. The molecule has 1 aromatic carbocycles. The van der Waals surface area contributed by atoms with E-state index in [1.165, 1.54) is 6.07 Å². The fraction of sp³-hybridized carbons (Fsp3) is 0.273. The summed E-state index contributed by atoms with van der Waals surface area (Å²) in [5.41, 5.74) is 1.57. The summed E-state index contributed by atoms with van der Waals surface area (Å²) >= 11 is 7.52. The average molecular weight is 300 g/mol. The minimum atomic E-state index is -0.435. The molecule has 0 fully saturated rings. The van der Waals surface area contributed by atoms with E-state index in [0.29, 0.717) is 28.0 Å². The molecule has 0 bridgehead atoms. The Morgan fingerprint density at radius 2 is 2.31 bits per heavy atom. The van der Waals surface area contributed by atoms with Crippen molar-refractivity contribution >= 4 is 34.5 Å². The molecular weight excluding hydrogens is 290 g/mol. The molecular formula is C11H10BrNO2S. The van der Waals surface area contributed by atoms with Crippen molar-refractivity contribution in [2.24, 2.45) is 0 Å². The zero-order valence-electron chi connectivity index (χ0n) is 8.66. The van der Waals surface area contributed by atoms with E-state index in [1.807, 2.05) is 6.07 Å². The molecule has 0 N–H and O–H groups in total. The van der Waals surface area contributed by atoms with E-state index in [9.17, 15) is 4.79 Å². The maximum atomic E-state index is 11.5. The van der Waals surface area contributed by atoms with Gasteiger partial charge in [0.15, 0.2) is 0 Å². The molecule has 0 saturated heterocycles. The van der Waals surface area contributed by atoms with Gasteiger partial charge in [0.2, 0.25) is 0 Å². The Morgan fingerprint density at radius 3 is 2.81 bits per heavy atom. The zero-order chi connectivity index (χ0) is 12.1. The number of alkyl halides is 1. The number of rotatable bonds is 3. The second-order valence-corrected chi connectivity index (χ2v) is 4.03. The highest BCUT2D eigenvalue weighted by Crippen LogP contribution is 2.23. The van der Waals surface area contributed by atoms with E-state index in [-0.39, 0.29) is 0 Å². The van der Waals surface area contributed by atoms with Crippen molar-refractivity contribution in [3.05, 3.63) is 28.8 Å². The maximum Gasteiger partial charge on any atom is 0.338 e. The molecule has 0 saturated carbocycles. The van der Waals surface area contributed by atoms with Crippen LogP contribution in [0.25, 0.3) is 0 Å². The Labute approximate surface area is 108 Å². The van der Waals surface area contributed by atoms with Gasteiger partial charge >= 0.3 is 5.97 Å². The second kappa shape index (κ2) is 5.92. The van der Waals surface area contributed by atoms with Crippen molar-refractivity contribution in [1.82, 2.24) is 0 Å². The van der Waals surface area contributed by atoms with Crippen LogP contribution in [0.3, 0.4) is 0 Å². The molecule has 0 atom stereocenters.